The standard InChI is InChI=1S/C25H26N4O3/c1-17-23-20(14-21(22-10-7-13-31-22)27-25(23)32-28-17)24(30)26-15-18-8-3-4-9-19(18)16-29-11-5-2-6-12-29/h3-4,7-10,13-14H,2,5-6,11-12,15-16H2,1H3,(H,26,30). The molecule has 3 aromatic heterocycles. The average Bonchev–Trinajstić information content (AvgIpc) is 3.49. The minimum absolute atomic E-state index is 0.190. The summed E-state index contributed by atoms with van der Waals surface area (Å²) >= 11 is 0. The van der Waals surface area contributed by atoms with E-state index in [0.717, 1.165) is 25.2 Å². The van der Waals surface area contributed by atoms with E-state index in [1.54, 1.807) is 24.5 Å². The molecule has 0 saturated carbocycles. The highest BCUT2D eigenvalue weighted by molar-refractivity contribution is 6.06. The Balaban J connectivity index is 1.39. The summed E-state index contributed by atoms with van der Waals surface area (Å²) in [5.41, 5.74) is 4.36. The van der Waals surface area contributed by atoms with Crippen LogP contribution in [-0.4, -0.2) is 34.0 Å². The van der Waals surface area contributed by atoms with Gasteiger partial charge in [-0.05, 0) is 62.2 Å². The summed E-state index contributed by atoms with van der Waals surface area (Å²) in [5.74, 6) is 0.381. The van der Waals surface area contributed by atoms with Crippen molar-refractivity contribution in [2.75, 3.05) is 13.1 Å². The highest BCUT2D eigenvalue weighted by Gasteiger charge is 2.20. The van der Waals surface area contributed by atoms with E-state index in [4.69, 9.17) is 8.94 Å². The summed E-state index contributed by atoms with van der Waals surface area (Å²) in [5, 5.41) is 7.72. The van der Waals surface area contributed by atoms with Crippen LogP contribution in [0.5, 0.6) is 0 Å². The minimum Gasteiger partial charge on any atom is -0.463 e. The Kier molecular flexibility index (Phi) is 5.73. The van der Waals surface area contributed by atoms with Crippen LogP contribution in [0.2, 0.25) is 0 Å². The molecule has 1 N–H and O–H groups in total. The summed E-state index contributed by atoms with van der Waals surface area (Å²) in [6.45, 7) is 5.45. The molecular formula is C25H26N4O3. The zero-order valence-corrected chi connectivity index (χ0v) is 18.1. The maximum atomic E-state index is 13.3. The molecule has 5 rings (SSSR count). The van der Waals surface area contributed by atoms with E-state index in [1.807, 2.05) is 13.0 Å². The first-order valence-corrected chi connectivity index (χ1v) is 11.1. The second kappa shape index (κ2) is 8.96. The van der Waals surface area contributed by atoms with E-state index in [-0.39, 0.29) is 5.91 Å². The van der Waals surface area contributed by atoms with Crippen molar-refractivity contribution in [2.24, 2.45) is 0 Å². The fraction of sp³-hybridized carbons (Fsp3) is 0.320. The molecule has 1 aliphatic heterocycles. The molecule has 4 aromatic rings. The molecule has 0 unspecified atom stereocenters. The highest BCUT2D eigenvalue weighted by atomic mass is 16.5. The number of hydrogen-bond acceptors (Lipinski definition) is 6. The molecule has 1 fully saturated rings. The van der Waals surface area contributed by atoms with Gasteiger partial charge in [-0.3, -0.25) is 9.69 Å². The second-order valence-electron chi connectivity index (χ2n) is 8.27. The molecule has 7 heteroatoms. The fourth-order valence-electron chi connectivity index (χ4n) is 4.34. The number of hydrogen-bond donors (Lipinski definition) is 1. The monoisotopic (exact) mass is 430 g/mol. The lowest BCUT2D eigenvalue weighted by Crippen LogP contribution is -2.30. The number of likely N-dealkylation sites (tertiary alicyclic amines) is 1. The molecular weight excluding hydrogens is 404 g/mol. The Morgan fingerprint density at radius 3 is 2.69 bits per heavy atom. The van der Waals surface area contributed by atoms with Crippen molar-refractivity contribution in [1.82, 2.24) is 20.4 Å². The van der Waals surface area contributed by atoms with Gasteiger partial charge in [0.05, 0.1) is 22.9 Å². The fourth-order valence-corrected chi connectivity index (χ4v) is 4.34. The maximum absolute atomic E-state index is 13.3. The Labute approximate surface area is 186 Å². The molecule has 0 radical (unpaired) electrons. The number of nitrogens with one attached hydrogen (secondary N) is 1. The van der Waals surface area contributed by atoms with Crippen LogP contribution in [0.3, 0.4) is 0 Å². The lowest BCUT2D eigenvalue weighted by molar-refractivity contribution is 0.0952. The van der Waals surface area contributed by atoms with Crippen LogP contribution >= 0.6 is 0 Å². The number of rotatable bonds is 6. The number of aromatic nitrogens is 2. The van der Waals surface area contributed by atoms with Gasteiger partial charge < -0.3 is 14.3 Å². The zero-order valence-electron chi connectivity index (χ0n) is 18.1. The van der Waals surface area contributed by atoms with E-state index in [9.17, 15) is 4.79 Å². The van der Waals surface area contributed by atoms with Crippen LogP contribution in [0.15, 0.2) is 57.7 Å². The molecule has 1 amide bonds. The summed E-state index contributed by atoms with van der Waals surface area (Å²) in [7, 11) is 0. The van der Waals surface area contributed by atoms with Gasteiger partial charge in [-0.15, -0.1) is 0 Å². The molecule has 32 heavy (non-hydrogen) atoms. The number of piperidine rings is 1. The predicted molar refractivity (Wildman–Crippen MR) is 121 cm³/mol. The molecule has 0 atom stereocenters. The first kappa shape index (κ1) is 20.5. The third-order valence-electron chi connectivity index (χ3n) is 6.04. The SMILES string of the molecule is Cc1noc2nc(-c3ccco3)cc(C(=O)NCc3ccccc3CN3CCCCC3)c12. The quantitative estimate of drug-likeness (QED) is 0.477. The molecule has 0 spiro atoms. The zero-order chi connectivity index (χ0) is 21.9. The lowest BCUT2D eigenvalue weighted by Gasteiger charge is -2.27. The first-order valence-electron chi connectivity index (χ1n) is 11.1. The molecule has 1 aromatic carbocycles. The number of fused-ring (bicyclic) bond motifs is 1. The van der Waals surface area contributed by atoms with Gasteiger partial charge in [0, 0.05) is 13.1 Å². The highest BCUT2D eigenvalue weighted by Crippen LogP contribution is 2.27. The van der Waals surface area contributed by atoms with Crippen molar-refractivity contribution in [3.05, 3.63) is 71.1 Å². The largest absolute Gasteiger partial charge is 0.463 e. The molecule has 0 aliphatic carbocycles. The second-order valence-corrected chi connectivity index (χ2v) is 8.27. The van der Waals surface area contributed by atoms with E-state index in [1.165, 1.54) is 24.8 Å². The van der Waals surface area contributed by atoms with Crippen molar-refractivity contribution < 1.29 is 13.7 Å². The number of carbonyl (C=O) groups is 1. The Hall–Kier alpha value is -3.45. The van der Waals surface area contributed by atoms with Gasteiger partial charge in [-0.2, -0.15) is 0 Å². The number of pyridine rings is 1. The van der Waals surface area contributed by atoms with Crippen LogP contribution in [0.4, 0.5) is 0 Å². The normalized spacial score (nSPS) is 14.7. The summed E-state index contributed by atoms with van der Waals surface area (Å²) in [6, 6.07) is 13.6. The van der Waals surface area contributed by atoms with Crippen molar-refractivity contribution in [3.63, 3.8) is 0 Å². The van der Waals surface area contributed by atoms with Crippen molar-refractivity contribution in [1.29, 1.82) is 0 Å². The number of benzene rings is 1. The van der Waals surface area contributed by atoms with Crippen molar-refractivity contribution >= 4 is 17.0 Å². The van der Waals surface area contributed by atoms with Crippen LogP contribution in [0, 0.1) is 6.92 Å². The van der Waals surface area contributed by atoms with Crippen LogP contribution in [0.25, 0.3) is 22.6 Å². The Morgan fingerprint density at radius 2 is 1.91 bits per heavy atom. The third kappa shape index (κ3) is 4.16. The molecule has 7 nitrogen and oxygen atoms in total. The molecule has 4 heterocycles. The number of carbonyl (C=O) groups excluding carboxylic acids is 1. The predicted octanol–water partition coefficient (Wildman–Crippen LogP) is 4.71. The van der Waals surface area contributed by atoms with E-state index < -0.39 is 0 Å². The van der Waals surface area contributed by atoms with Crippen LogP contribution < -0.4 is 5.32 Å². The van der Waals surface area contributed by atoms with Gasteiger partial charge in [0.25, 0.3) is 11.6 Å². The number of aryl methyl sites for hydroxylation is 1. The smallest absolute Gasteiger partial charge is 0.259 e. The topological polar surface area (TPSA) is 84.4 Å². The maximum Gasteiger partial charge on any atom is 0.259 e. The molecule has 1 aliphatic rings. The van der Waals surface area contributed by atoms with Gasteiger partial charge in [-0.25, -0.2) is 4.98 Å². The summed E-state index contributed by atoms with van der Waals surface area (Å²) in [4.78, 5) is 20.2. The minimum atomic E-state index is -0.190. The van der Waals surface area contributed by atoms with E-state index in [0.29, 0.717) is 40.4 Å². The van der Waals surface area contributed by atoms with Gasteiger partial charge in [0.15, 0.2) is 5.76 Å². The summed E-state index contributed by atoms with van der Waals surface area (Å²) < 4.78 is 10.8. The number of furan rings is 1. The van der Waals surface area contributed by atoms with Gasteiger partial charge in [-0.1, -0.05) is 35.8 Å². The number of amides is 1. The van der Waals surface area contributed by atoms with Crippen LogP contribution in [0.1, 0.15) is 46.4 Å². The van der Waals surface area contributed by atoms with Gasteiger partial charge in [0.1, 0.15) is 5.69 Å². The van der Waals surface area contributed by atoms with E-state index >= 15 is 0 Å². The third-order valence-corrected chi connectivity index (χ3v) is 6.04. The first-order chi connectivity index (χ1) is 15.7. The van der Waals surface area contributed by atoms with Crippen LogP contribution in [-0.2, 0) is 13.1 Å². The average molecular weight is 431 g/mol. The molecule has 1 saturated heterocycles. The van der Waals surface area contributed by atoms with Crippen molar-refractivity contribution in [2.45, 2.75) is 39.3 Å². The molecule has 164 valence electrons. The van der Waals surface area contributed by atoms with Gasteiger partial charge in [0.2, 0.25) is 0 Å². The molecule has 0 bridgehead atoms. The van der Waals surface area contributed by atoms with Crippen molar-refractivity contribution in [3.8, 4) is 11.5 Å². The van der Waals surface area contributed by atoms with Gasteiger partial charge >= 0.3 is 0 Å². The number of nitrogens with zero attached hydrogens (tertiary/aromatic N) is 3. The summed E-state index contributed by atoms with van der Waals surface area (Å²) in [6.07, 6.45) is 5.41. The Morgan fingerprint density at radius 1 is 1.09 bits per heavy atom. The lowest BCUT2D eigenvalue weighted by atomic mass is 10.0. The van der Waals surface area contributed by atoms with E-state index in [2.05, 4.69) is 38.6 Å². The Bertz CT molecular complexity index is 1220.